The predicted molar refractivity (Wildman–Crippen MR) is 206 cm³/mol. The number of carbonyl (C=O) groups is 5. The Balaban J connectivity index is 1.43. The first-order valence-corrected chi connectivity index (χ1v) is 17.9. The van der Waals surface area contributed by atoms with Gasteiger partial charge in [-0.1, -0.05) is 84.9 Å². The van der Waals surface area contributed by atoms with Crippen molar-refractivity contribution < 1.29 is 28.7 Å². The van der Waals surface area contributed by atoms with Crippen LogP contribution >= 0.6 is 0 Å². The van der Waals surface area contributed by atoms with E-state index in [9.17, 15) is 24.0 Å². The molecular formula is C40H46N8O6. The standard InChI is InChI=1S/C40H46N8O6/c41-40(42)43-22-10-20-31-37(51)48-34(39(53)44-30-19-9-17-27-14-7-8-18-29(27)30)25-54-23-11-21-32(45-35(49)28-15-5-2-6-16-28)36(50)47-33(38(52)46-31)24-26-12-3-1-4-13-26/h1-9,12-19,31-34H,10-11,20-25H2,(H,44,53)(H,45,49)(H,46,52)(H,47,50)(H,48,51)(H4,41,42,43)/t31-,32-,33+,34-/m0/s1. The Bertz CT molecular complexity index is 1930. The maximum Gasteiger partial charge on any atom is 0.251 e. The van der Waals surface area contributed by atoms with Gasteiger partial charge < -0.3 is 42.8 Å². The van der Waals surface area contributed by atoms with Crippen molar-refractivity contribution in [3.63, 3.8) is 0 Å². The average Bonchev–Trinajstić information content (AvgIpc) is 3.18. The van der Waals surface area contributed by atoms with Gasteiger partial charge in [0.2, 0.25) is 23.6 Å². The summed E-state index contributed by atoms with van der Waals surface area (Å²) in [5, 5.41) is 15.9. The first-order chi connectivity index (χ1) is 26.2. The number of aliphatic imine (C=N–C) groups is 1. The van der Waals surface area contributed by atoms with Crippen LogP contribution in [-0.2, 0) is 30.3 Å². The Hall–Kier alpha value is -6.28. The van der Waals surface area contributed by atoms with E-state index in [1.807, 2.05) is 66.7 Å². The highest BCUT2D eigenvalue weighted by Gasteiger charge is 2.32. The molecule has 1 fully saturated rings. The Kier molecular flexibility index (Phi) is 14.1. The van der Waals surface area contributed by atoms with E-state index in [0.29, 0.717) is 24.1 Å². The third-order valence-corrected chi connectivity index (χ3v) is 8.90. The maximum atomic E-state index is 14.1. The smallest absolute Gasteiger partial charge is 0.251 e. The zero-order valence-electron chi connectivity index (χ0n) is 29.8. The number of guanidine groups is 1. The molecule has 0 unspecified atom stereocenters. The molecule has 14 heteroatoms. The van der Waals surface area contributed by atoms with Crippen molar-refractivity contribution >= 4 is 52.0 Å². The SMILES string of the molecule is NC(N)=NCCC[C@@H]1NC(=O)[C@@H](Cc2ccccc2)NC(=O)[C@@H](NC(=O)c2ccccc2)CCCOC[C@@H](C(=O)Nc2cccc3ccccc23)NC1=O. The largest absolute Gasteiger partial charge is 0.379 e. The quantitative estimate of drug-likeness (QED) is 0.0726. The first kappa shape index (κ1) is 38.9. The molecule has 1 saturated heterocycles. The van der Waals surface area contributed by atoms with Crippen LogP contribution in [0.25, 0.3) is 10.8 Å². The minimum atomic E-state index is -1.16. The molecule has 0 radical (unpaired) electrons. The van der Waals surface area contributed by atoms with Crippen LogP contribution in [-0.4, -0.2) is 79.4 Å². The lowest BCUT2D eigenvalue weighted by Crippen LogP contribution is -2.58. The number of nitrogens with two attached hydrogens (primary N) is 2. The van der Waals surface area contributed by atoms with E-state index in [-0.39, 0.29) is 45.0 Å². The lowest BCUT2D eigenvalue weighted by Gasteiger charge is -2.26. The molecule has 4 aromatic rings. The van der Waals surface area contributed by atoms with Crippen LogP contribution in [0.15, 0.2) is 108 Å². The second-order valence-corrected chi connectivity index (χ2v) is 12.9. The zero-order valence-corrected chi connectivity index (χ0v) is 29.8. The molecule has 0 saturated carbocycles. The van der Waals surface area contributed by atoms with Gasteiger partial charge in [-0.3, -0.25) is 29.0 Å². The van der Waals surface area contributed by atoms with E-state index < -0.39 is 53.7 Å². The van der Waals surface area contributed by atoms with Crippen molar-refractivity contribution in [2.75, 3.05) is 25.1 Å². The van der Waals surface area contributed by atoms with Gasteiger partial charge in [0.15, 0.2) is 5.96 Å². The summed E-state index contributed by atoms with van der Waals surface area (Å²) in [5.41, 5.74) is 12.7. The van der Waals surface area contributed by atoms with Gasteiger partial charge in [0.05, 0.1) is 6.61 Å². The third-order valence-electron chi connectivity index (χ3n) is 8.90. The number of fused-ring (bicyclic) bond motifs is 1. The highest BCUT2D eigenvalue weighted by Crippen LogP contribution is 2.23. The molecule has 5 amide bonds. The van der Waals surface area contributed by atoms with Crippen LogP contribution in [0.2, 0.25) is 0 Å². The van der Waals surface area contributed by atoms with Gasteiger partial charge >= 0.3 is 0 Å². The van der Waals surface area contributed by atoms with E-state index in [2.05, 4.69) is 31.6 Å². The molecule has 5 rings (SSSR count). The number of nitrogens with zero attached hydrogens (tertiary/aromatic N) is 1. The van der Waals surface area contributed by atoms with Crippen LogP contribution in [0, 0.1) is 0 Å². The number of carbonyl (C=O) groups excluding carboxylic acids is 5. The van der Waals surface area contributed by atoms with Crippen molar-refractivity contribution in [3.8, 4) is 0 Å². The molecule has 0 aromatic heterocycles. The van der Waals surface area contributed by atoms with Gasteiger partial charge in [-0.2, -0.15) is 0 Å². The zero-order chi connectivity index (χ0) is 38.3. The molecule has 4 atom stereocenters. The van der Waals surface area contributed by atoms with E-state index in [1.54, 1.807) is 36.4 Å². The third kappa shape index (κ3) is 11.4. The fraction of sp³-hybridized carbons (Fsp3) is 0.300. The monoisotopic (exact) mass is 734 g/mol. The van der Waals surface area contributed by atoms with Gasteiger partial charge in [0, 0.05) is 36.2 Å². The molecule has 282 valence electrons. The number of hydrogen-bond donors (Lipinski definition) is 7. The van der Waals surface area contributed by atoms with Crippen molar-refractivity contribution in [2.45, 2.75) is 56.3 Å². The summed E-state index contributed by atoms with van der Waals surface area (Å²) in [6.45, 7) is 0.0788. The lowest BCUT2D eigenvalue weighted by atomic mass is 10.0. The molecule has 4 aromatic carbocycles. The van der Waals surface area contributed by atoms with E-state index in [0.717, 1.165) is 16.3 Å². The molecule has 1 aliphatic rings. The number of benzene rings is 4. The molecule has 14 nitrogen and oxygen atoms in total. The summed E-state index contributed by atoms with van der Waals surface area (Å²) in [6.07, 6.45) is 0.981. The topological polar surface area (TPSA) is 219 Å². The number of hydrogen-bond acceptors (Lipinski definition) is 7. The first-order valence-electron chi connectivity index (χ1n) is 17.9. The molecule has 0 aliphatic carbocycles. The molecule has 1 heterocycles. The molecule has 1 aliphatic heterocycles. The van der Waals surface area contributed by atoms with E-state index >= 15 is 0 Å². The van der Waals surface area contributed by atoms with Gasteiger partial charge in [0.1, 0.15) is 24.2 Å². The summed E-state index contributed by atoms with van der Waals surface area (Å²) in [5.74, 6) is -2.95. The second-order valence-electron chi connectivity index (χ2n) is 12.9. The summed E-state index contributed by atoms with van der Waals surface area (Å²) < 4.78 is 5.92. The fourth-order valence-electron chi connectivity index (χ4n) is 6.08. The summed E-state index contributed by atoms with van der Waals surface area (Å²) in [7, 11) is 0. The number of nitrogens with one attached hydrogen (secondary N) is 5. The average molecular weight is 735 g/mol. The predicted octanol–water partition coefficient (Wildman–Crippen LogP) is 2.14. The van der Waals surface area contributed by atoms with E-state index in [1.165, 1.54) is 0 Å². The van der Waals surface area contributed by atoms with Crippen molar-refractivity contribution in [2.24, 2.45) is 16.5 Å². The van der Waals surface area contributed by atoms with Crippen molar-refractivity contribution in [1.82, 2.24) is 21.3 Å². The fourth-order valence-corrected chi connectivity index (χ4v) is 6.08. The molecule has 0 bridgehead atoms. The second kappa shape index (κ2) is 19.5. The lowest BCUT2D eigenvalue weighted by molar-refractivity contribution is -0.133. The molecule has 0 spiro atoms. The van der Waals surface area contributed by atoms with Gasteiger partial charge in [-0.05, 0) is 54.8 Å². The maximum absolute atomic E-state index is 14.1. The normalized spacial score (nSPS) is 19.9. The molecule has 9 N–H and O–H groups in total. The Morgan fingerprint density at radius 1 is 0.778 bits per heavy atom. The Morgan fingerprint density at radius 2 is 1.44 bits per heavy atom. The van der Waals surface area contributed by atoms with Gasteiger partial charge in [0.25, 0.3) is 5.91 Å². The van der Waals surface area contributed by atoms with Gasteiger partial charge in [-0.25, -0.2) is 0 Å². The number of anilines is 1. The van der Waals surface area contributed by atoms with E-state index in [4.69, 9.17) is 16.2 Å². The van der Waals surface area contributed by atoms with Crippen molar-refractivity contribution in [3.05, 3.63) is 114 Å². The number of ether oxygens (including phenoxy) is 1. The van der Waals surface area contributed by atoms with Crippen LogP contribution in [0.3, 0.4) is 0 Å². The van der Waals surface area contributed by atoms with Crippen LogP contribution < -0.4 is 38.1 Å². The summed E-state index contributed by atoms with van der Waals surface area (Å²) in [6, 6.07) is 26.2. The highest BCUT2D eigenvalue weighted by atomic mass is 16.5. The molecular weight excluding hydrogens is 688 g/mol. The summed E-state index contributed by atoms with van der Waals surface area (Å²) >= 11 is 0. The van der Waals surface area contributed by atoms with Crippen LogP contribution in [0.5, 0.6) is 0 Å². The minimum Gasteiger partial charge on any atom is -0.379 e. The number of amides is 5. The highest BCUT2D eigenvalue weighted by molar-refractivity contribution is 6.05. The van der Waals surface area contributed by atoms with Crippen molar-refractivity contribution in [1.29, 1.82) is 0 Å². The minimum absolute atomic E-state index is 0.0965. The number of rotatable bonds is 10. The van der Waals surface area contributed by atoms with Crippen LogP contribution in [0.4, 0.5) is 5.69 Å². The Labute approximate surface area is 313 Å². The van der Waals surface area contributed by atoms with Crippen LogP contribution in [0.1, 0.15) is 41.6 Å². The summed E-state index contributed by atoms with van der Waals surface area (Å²) in [4.78, 5) is 72.9. The van der Waals surface area contributed by atoms with Gasteiger partial charge in [-0.15, -0.1) is 0 Å². The Morgan fingerprint density at radius 3 is 2.20 bits per heavy atom. The molecule has 54 heavy (non-hydrogen) atoms.